The summed E-state index contributed by atoms with van der Waals surface area (Å²) in [5.41, 5.74) is 0.952. The average Bonchev–Trinajstić information content (AvgIpc) is 3.50. The summed E-state index contributed by atoms with van der Waals surface area (Å²) in [6.45, 7) is 1.45. The van der Waals surface area contributed by atoms with Gasteiger partial charge in [0.15, 0.2) is 11.0 Å². The Morgan fingerprint density at radius 3 is 3.00 bits per heavy atom. The van der Waals surface area contributed by atoms with Gasteiger partial charge in [-0.05, 0) is 36.4 Å². The SMILES string of the molecule is N#Cc1ccccc1NC(=O)CSc1nnc(-c2cccs2)n1CC1CCCO1. The van der Waals surface area contributed by atoms with Crippen LogP contribution in [0.2, 0.25) is 0 Å². The Kier molecular flexibility index (Phi) is 6.24. The van der Waals surface area contributed by atoms with Crippen LogP contribution >= 0.6 is 23.1 Å². The van der Waals surface area contributed by atoms with Crippen LogP contribution in [0.3, 0.4) is 0 Å². The monoisotopic (exact) mass is 425 g/mol. The number of thiophene rings is 1. The maximum absolute atomic E-state index is 12.4. The number of hydrogen-bond donors (Lipinski definition) is 1. The van der Waals surface area contributed by atoms with Crippen LogP contribution in [0.1, 0.15) is 18.4 Å². The highest BCUT2D eigenvalue weighted by atomic mass is 32.2. The van der Waals surface area contributed by atoms with E-state index in [-0.39, 0.29) is 17.8 Å². The van der Waals surface area contributed by atoms with E-state index in [1.54, 1.807) is 35.6 Å². The second-order valence-corrected chi connectivity index (χ2v) is 8.41. The smallest absolute Gasteiger partial charge is 0.234 e. The highest BCUT2D eigenvalue weighted by Gasteiger charge is 2.22. The van der Waals surface area contributed by atoms with Crippen molar-refractivity contribution in [3.05, 3.63) is 47.3 Å². The van der Waals surface area contributed by atoms with Crippen LogP contribution in [-0.4, -0.2) is 39.1 Å². The van der Waals surface area contributed by atoms with Gasteiger partial charge >= 0.3 is 0 Å². The fourth-order valence-corrected chi connectivity index (χ4v) is 4.61. The summed E-state index contributed by atoms with van der Waals surface area (Å²) in [4.78, 5) is 13.5. The topological polar surface area (TPSA) is 92.8 Å². The molecule has 1 N–H and O–H groups in total. The molecule has 1 aliphatic heterocycles. The first-order valence-electron chi connectivity index (χ1n) is 9.25. The summed E-state index contributed by atoms with van der Waals surface area (Å²) in [7, 11) is 0. The van der Waals surface area contributed by atoms with Gasteiger partial charge in [-0.3, -0.25) is 9.36 Å². The van der Waals surface area contributed by atoms with Crippen molar-refractivity contribution in [3.8, 4) is 16.8 Å². The van der Waals surface area contributed by atoms with Crippen molar-refractivity contribution < 1.29 is 9.53 Å². The van der Waals surface area contributed by atoms with Crippen LogP contribution in [0.5, 0.6) is 0 Å². The Labute approximate surface area is 176 Å². The van der Waals surface area contributed by atoms with Crippen LogP contribution in [0.4, 0.5) is 5.69 Å². The largest absolute Gasteiger partial charge is 0.376 e. The number of rotatable bonds is 7. The highest BCUT2D eigenvalue weighted by molar-refractivity contribution is 7.99. The van der Waals surface area contributed by atoms with Gasteiger partial charge in [0.1, 0.15) is 6.07 Å². The maximum atomic E-state index is 12.4. The molecule has 1 aliphatic rings. The maximum Gasteiger partial charge on any atom is 0.234 e. The van der Waals surface area contributed by atoms with Crippen molar-refractivity contribution in [2.45, 2.75) is 30.6 Å². The number of nitrogens with one attached hydrogen (secondary N) is 1. The predicted octanol–water partition coefficient (Wildman–Crippen LogP) is 3.79. The molecule has 0 aliphatic carbocycles. The number of hydrogen-bond acceptors (Lipinski definition) is 7. The molecule has 4 rings (SSSR count). The van der Waals surface area contributed by atoms with Gasteiger partial charge < -0.3 is 10.1 Å². The van der Waals surface area contributed by atoms with Crippen molar-refractivity contribution in [1.29, 1.82) is 5.26 Å². The molecule has 0 radical (unpaired) electrons. The number of ether oxygens (including phenoxy) is 1. The number of nitriles is 1. The third-order valence-corrected chi connectivity index (χ3v) is 6.36. The lowest BCUT2D eigenvalue weighted by Crippen LogP contribution is -2.18. The summed E-state index contributed by atoms with van der Waals surface area (Å²) in [5, 5.41) is 23.3. The number of aromatic nitrogens is 3. The molecule has 9 heteroatoms. The van der Waals surface area contributed by atoms with Gasteiger partial charge in [-0.25, -0.2) is 0 Å². The second-order valence-electron chi connectivity index (χ2n) is 6.52. The van der Waals surface area contributed by atoms with Gasteiger partial charge in [0.25, 0.3) is 0 Å². The molecular weight excluding hydrogens is 406 g/mol. The van der Waals surface area contributed by atoms with Crippen molar-refractivity contribution >= 4 is 34.7 Å². The number of benzene rings is 1. The van der Waals surface area contributed by atoms with Gasteiger partial charge in [0.05, 0.1) is 34.5 Å². The van der Waals surface area contributed by atoms with E-state index in [0.29, 0.717) is 23.0 Å². The number of nitrogens with zero attached hydrogens (tertiary/aromatic N) is 4. The fraction of sp³-hybridized carbons (Fsp3) is 0.300. The Morgan fingerprint density at radius 1 is 1.34 bits per heavy atom. The zero-order valence-electron chi connectivity index (χ0n) is 15.6. The highest BCUT2D eigenvalue weighted by Crippen LogP contribution is 2.29. The van der Waals surface area contributed by atoms with Gasteiger partial charge in [0.2, 0.25) is 5.91 Å². The molecule has 0 bridgehead atoms. The van der Waals surface area contributed by atoms with Crippen LogP contribution in [0.25, 0.3) is 10.7 Å². The molecule has 1 atom stereocenters. The molecule has 1 unspecified atom stereocenters. The van der Waals surface area contributed by atoms with Gasteiger partial charge in [-0.2, -0.15) is 5.26 Å². The number of carbonyl (C=O) groups is 1. The van der Waals surface area contributed by atoms with Gasteiger partial charge in [0, 0.05) is 6.61 Å². The molecule has 7 nitrogen and oxygen atoms in total. The van der Waals surface area contributed by atoms with E-state index in [9.17, 15) is 4.79 Å². The quantitative estimate of drug-likeness (QED) is 0.579. The van der Waals surface area contributed by atoms with E-state index < -0.39 is 0 Å². The minimum absolute atomic E-state index is 0.139. The van der Waals surface area contributed by atoms with Crippen LogP contribution in [0.15, 0.2) is 46.9 Å². The van der Waals surface area contributed by atoms with Crippen LogP contribution in [-0.2, 0) is 16.1 Å². The van der Waals surface area contributed by atoms with Gasteiger partial charge in [-0.1, -0.05) is 30.0 Å². The average molecular weight is 426 g/mol. The molecule has 1 saturated heterocycles. The zero-order valence-corrected chi connectivity index (χ0v) is 17.2. The minimum atomic E-state index is -0.193. The molecule has 0 saturated carbocycles. The summed E-state index contributed by atoms with van der Waals surface area (Å²) in [6, 6.07) is 13.0. The Bertz CT molecular complexity index is 1020. The number of amides is 1. The number of carbonyl (C=O) groups excluding carboxylic acids is 1. The van der Waals surface area contributed by atoms with E-state index in [1.165, 1.54) is 11.8 Å². The third-order valence-electron chi connectivity index (χ3n) is 4.52. The van der Waals surface area contributed by atoms with Crippen LogP contribution in [0, 0.1) is 11.3 Å². The Hall–Kier alpha value is -2.67. The van der Waals surface area contributed by atoms with Crippen molar-refractivity contribution in [2.75, 3.05) is 17.7 Å². The molecule has 2 aromatic heterocycles. The molecule has 148 valence electrons. The van der Waals surface area contributed by atoms with Crippen molar-refractivity contribution in [2.24, 2.45) is 0 Å². The van der Waals surface area contributed by atoms with Crippen molar-refractivity contribution in [1.82, 2.24) is 14.8 Å². The summed E-state index contributed by atoms with van der Waals surface area (Å²) >= 11 is 2.94. The molecule has 1 amide bonds. The molecule has 3 heterocycles. The number of para-hydroxylation sites is 1. The fourth-order valence-electron chi connectivity index (χ4n) is 3.15. The Balaban J connectivity index is 1.48. The summed E-state index contributed by atoms with van der Waals surface area (Å²) in [5.74, 6) is 0.781. The first-order valence-corrected chi connectivity index (χ1v) is 11.1. The Morgan fingerprint density at radius 2 is 2.24 bits per heavy atom. The van der Waals surface area contributed by atoms with E-state index >= 15 is 0 Å². The lowest BCUT2D eigenvalue weighted by atomic mass is 10.2. The van der Waals surface area contributed by atoms with E-state index in [1.807, 2.05) is 22.1 Å². The van der Waals surface area contributed by atoms with E-state index in [4.69, 9.17) is 10.00 Å². The summed E-state index contributed by atoms with van der Waals surface area (Å²) in [6.07, 6.45) is 2.21. The zero-order chi connectivity index (χ0) is 20.1. The van der Waals surface area contributed by atoms with Crippen LogP contribution < -0.4 is 5.32 Å². The lowest BCUT2D eigenvalue weighted by Gasteiger charge is -2.14. The first-order chi connectivity index (χ1) is 14.2. The first kappa shape index (κ1) is 19.6. The normalized spacial score (nSPS) is 15.9. The molecule has 0 spiro atoms. The van der Waals surface area contributed by atoms with Gasteiger partial charge in [-0.15, -0.1) is 21.5 Å². The molecule has 29 heavy (non-hydrogen) atoms. The molecule has 1 fully saturated rings. The lowest BCUT2D eigenvalue weighted by molar-refractivity contribution is -0.113. The standard InChI is InChI=1S/C20H19N5O2S2/c21-11-14-5-1-2-7-16(14)22-18(26)13-29-20-24-23-19(17-8-4-10-28-17)25(20)12-15-6-3-9-27-15/h1-2,4-5,7-8,10,15H,3,6,9,12-13H2,(H,22,26). The number of thioether (sulfide) groups is 1. The number of anilines is 1. The van der Waals surface area contributed by atoms with E-state index in [2.05, 4.69) is 21.6 Å². The van der Waals surface area contributed by atoms with E-state index in [0.717, 1.165) is 30.2 Å². The molecule has 3 aromatic rings. The molecule has 1 aromatic carbocycles. The molecular formula is C20H19N5O2S2. The third kappa shape index (κ3) is 4.67. The predicted molar refractivity (Wildman–Crippen MR) is 113 cm³/mol. The second kappa shape index (κ2) is 9.22. The van der Waals surface area contributed by atoms with Crippen molar-refractivity contribution in [3.63, 3.8) is 0 Å². The summed E-state index contributed by atoms with van der Waals surface area (Å²) < 4.78 is 7.84. The minimum Gasteiger partial charge on any atom is -0.376 e.